The fourth-order valence-electron chi connectivity index (χ4n) is 3.07. The smallest absolute Gasteiger partial charge is 0.293 e. The van der Waals surface area contributed by atoms with Gasteiger partial charge in [0.1, 0.15) is 11.0 Å². The quantitative estimate of drug-likeness (QED) is 0.393. The number of hydrogen-bond donors (Lipinski definition) is 2. The molecule has 10 nitrogen and oxygen atoms in total. The maximum atomic E-state index is 13.2. The van der Waals surface area contributed by atoms with Crippen LogP contribution in [0.4, 0.5) is 0 Å². The van der Waals surface area contributed by atoms with E-state index in [1.165, 1.54) is 36.6 Å². The van der Waals surface area contributed by atoms with Gasteiger partial charge in [-0.05, 0) is 23.3 Å². The van der Waals surface area contributed by atoms with Crippen molar-refractivity contribution in [3.8, 4) is 0 Å². The van der Waals surface area contributed by atoms with Gasteiger partial charge < -0.3 is 4.42 Å². The first-order chi connectivity index (χ1) is 15.5. The highest BCUT2D eigenvalue weighted by Gasteiger charge is 2.39. The Hall–Kier alpha value is -2.55. The van der Waals surface area contributed by atoms with Crippen LogP contribution in [0.25, 0.3) is 0 Å². The van der Waals surface area contributed by atoms with E-state index in [-0.39, 0.29) is 21.6 Å². The minimum Gasteiger partial charge on any atom is -0.468 e. The average Bonchev–Trinajstić information content (AvgIpc) is 3.26. The van der Waals surface area contributed by atoms with Crippen LogP contribution >= 0.6 is 0 Å². The Kier molecular flexibility index (Phi) is 7.72. The second-order valence-corrected chi connectivity index (χ2v) is 12.6. The molecule has 178 valence electrons. The summed E-state index contributed by atoms with van der Waals surface area (Å²) in [4.78, 5) is 0. The molecule has 13 heteroatoms. The van der Waals surface area contributed by atoms with Crippen molar-refractivity contribution in [2.75, 3.05) is 6.54 Å². The van der Waals surface area contributed by atoms with Gasteiger partial charge in [-0.3, -0.25) is 0 Å². The first-order valence-electron chi connectivity index (χ1n) is 9.62. The normalized spacial score (nSPS) is 13.8. The predicted molar refractivity (Wildman–Crippen MR) is 123 cm³/mol. The van der Waals surface area contributed by atoms with E-state index in [1.807, 2.05) is 0 Å². The fraction of sp³-hybridized carbons (Fsp3) is 0.200. The lowest BCUT2D eigenvalue weighted by atomic mass is 10.1. The van der Waals surface area contributed by atoms with E-state index in [4.69, 9.17) is 9.56 Å². The number of sulfonamides is 2. The summed E-state index contributed by atoms with van der Waals surface area (Å²) in [5.74, 6) is -0.424. The Morgan fingerprint density at radius 1 is 0.848 bits per heavy atom. The molecule has 3 rings (SSSR count). The molecular formula is C20H23N3O7S3. The molecule has 1 heterocycles. The van der Waals surface area contributed by atoms with Gasteiger partial charge >= 0.3 is 0 Å². The summed E-state index contributed by atoms with van der Waals surface area (Å²) in [7, 11) is -13.7. The molecule has 0 bridgehead atoms. The second-order valence-electron chi connectivity index (χ2n) is 7.09. The number of furan rings is 1. The van der Waals surface area contributed by atoms with Crippen LogP contribution in [0.5, 0.6) is 0 Å². The summed E-state index contributed by atoms with van der Waals surface area (Å²) in [5.41, 5.74) is 0.483. The van der Waals surface area contributed by atoms with Gasteiger partial charge in [0.25, 0.3) is 10.2 Å². The minimum atomic E-state index is -4.72. The highest BCUT2D eigenvalue weighted by atomic mass is 32.3. The van der Waals surface area contributed by atoms with E-state index in [1.54, 1.807) is 42.5 Å². The van der Waals surface area contributed by atoms with Gasteiger partial charge in [-0.2, -0.15) is 13.1 Å². The van der Waals surface area contributed by atoms with Crippen molar-refractivity contribution in [3.05, 3.63) is 95.9 Å². The molecule has 1 unspecified atom stereocenters. The topological polar surface area (TPSA) is 157 Å². The molecule has 33 heavy (non-hydrogen) atoms. The van der Waals surface area contributed by atoms with E-state index in [9.17, 15) is 25.3 Å². The average molecular weight is 514 g/mol. The Morgan fingerprint density at radius 2 is 1.45 bits per heavy atom. The molecule has 2 aromatic carbocycles. The van der Waals surface area contributed by atoms with E-state index in [0.717, 1.165) is 0 Å². The van der Waals surface area contributed by atoms with Crippen LogP contribution in [0.1, 0.15) is 22.1 Å². The summed E-state index contributed by atoms with van der Waals surface area (Å²) < 4.78 is 84.8. The fourth-order valence-corrected chi connectivity index (χ4v) is 7.61. The molecule has 0 aliphatic heterocycles. The molecule has 0 aliphatic carbocycles. The van der Waals surface area contributed by atoms with Crippen LogP contribution in [-0.2, 0) is 42.6 Å². The van der Waals surface area contributed by atoms with E-state index < -0.39 is 47.8 Å². The zero-order valence-corrected chi connectivity index (χ0v) is 19.8. The number of nitrogens with zero attached hydrogens (tertiary/aromatic N) is 1. The highest BCUT2D eigenvalue weighted by Crippen LogP contribution is 2.25. The van der Waals surface area contributed by atoms with Gasteiger partial charge in [-0.1, -0.05) is 64.4 Å². The van der Waals surface area contributed by atoms with Gasteiger partial charge in [0, 0.05) is 0 Å². The van der Waals surface area contributed by atoms with Crippen molar-refractivity contribution >= 4 is 30.3 Å². The lowest BCUT2D eigenvalue weighted by Gasteiger charge is -2.26. The number of benzene rings is 2. The largest absolute Gasteiger partial charge is 0.468 e. The Bertz CT molecular complexity index is 1360. The summed E-state index contributed by atoms with van der Waals surface area (Å²) >= 11 is 0. The third kappa shape index (κ3) is 6.72. The Morgan fingerprint density at radius 3 is 2.00 bits per heavy atom. The van der Waals surface area contributed by atoms with Gasteiger partial charge in [0.2, 0.25) is 20.0 Å². The van der Waals surface area contributed by atoms with Crippen LogP contribution in [0.15, 0.2) is 83.5 Å². The van der Waals surface area contributed by atoms with Crippen molar-refractivity contribution in [3.63, 3.8) is 0 Å². The van der Waals surface area contributed by atoms with Crippen molar-refractivity contribution in [2.45, 2.75) is 17.5 Å². The zero-order chi connectivity index (χ0) is 24.1. The third-order valence-corrected chi connectivity index (χ3v) is 9.81. The van der Waals surface area contributed by atoms with E-state index in [2.05, 4.69) is 4.72 Å². The van der Waals surface area contributed by atoms with Gasteiger partial charge in [-0.15, -0.1) is 0 Å². The molecule has 0 fully saturated rings. The molecule has 0 aliphatic rings. The van der Waals surface area contributed by atoms with Gasteiger partial charge in [0.05, 0.1) is 25.1 Å². The van der Waals surface area contributed by atoms with Crippen LogP contribution in [-0.4, -0.2) is 35.5 Å². The second kappa shape index (κ2) is 10.2. The summed E-state index contributed by atoms with van der Waals surface area (Å²) in [6.07, 6.45) is 1.33. The van der Waals surface area contributed by atoms with Crippen molar-refractivity contribution in [1.29, 1.82) is 0 Å². The van der Waals surface area contributed by atoms with Crippen LogP contribution in [0.2, 0.25) is 0 Å². The Balaban J connectivity index is 2.01. The molecule has 0 saturated carbocycles. The zero-order valence-electron chi connectivity index (χ0n) is 17.3. The van der Waals surface area contributed by atoms with E-state index in [0.29, 0.717) is 5.56 Å². The minimum absolute atomic E-state index is 0.151. The summed E-state index contributed by atoms with van der Waals surface area (Å²) in [6.45, 7) is -1.27. The number of hydrogen-bond acceptors (Lipinski definition) is 7. The summed E-state index contributed by atoms with van der Waals surface area (Å²) in [5, 5.41) is 3.75. The predicted octanol–water partition coefficient (Wildman–Crippen LogP) is 1.48. The van der Waals surface area contributed by atoms with Crippen molar-refractivity contribution in [2.24, 2.45) is 5.14 Å². The van der Waals surface area contributed by atoms with Gasteiger partial charge in [0.15, 0.2) is 0 Å². The molecular weight excluding hydrogens is 490 g/mol. The molecule has 0 saturated heterocycles. The molecule has 1 atom stereocenters. The van der Waals surface area contributed by atoms with Crippen molar-refractivity contribution < 1.29 is 29.7 Å². The highest BCUT2D eigenvalue weighted by molar-refractivity contribution is 8.02. The maximum Gasteiger partial charge on any atom is 0.293 e. The number of nitrogens with one attached hydrogen (secondary N) is 1. The Labute approximate surface area is 193 Å². The molecule has 0 radical (unpaired) electrons. The summed E-state index contributed by atoms with van der Waals surface area (Å²) in [6, 6.07) is 18.6. The van der Waals surface area contributed by atoms with Crippen LogP contribution in [0.3, 0.4) is 0 Å². The number of nitrogens with two attached hydrogens (primary N) is 1. The van der Waals surface area contributed by atoms with Crippen LogP contribution < -0.4 is 9.86 Å². The molecule has 1 aromatic heterocycles. The third-order valence-electron chi connectivity index (χ3n) is 4.66. The van der Waals surface area contributed by atoms with Crippen molar-refractivity contribution in [1.82, 2.24) is 8.43 Å². The molecule has 3 N–H and O–H groups in total. The van der Waals surface area contributed by atoms with E-state index >= 15 is 0 Å². The first kappa shape index (κ1) is 25.1. The number of rotatable bonds is 11. The monoisotopic (exact) mass is 513 g/mol. The first-order valence-corrected chi connectivity index (χ1v) is 14.3. The van der Waals surface area contributed by atoms with Gasteiger partial charge in [-0.25, -0.2) is 22.0 Å². The lowest BCUT2D eigenvalue weighted by Crippen LogP contribution is -2.47. The lowest BCUT2D eigenvalue weighted by molar-refractivity contribution is 0.467. The SMILES string of the molecule is NS(=O)(=O)C(CN(S(=O)(=O)Cc1ccccc1)S(=O)(=O)NCc1ccco1)c1ccccc1. The number of primary sulfonamides is 1. The van der Waals surface area contributed by atoms with Crippen LogP contribution in [0, 0.1) is 0 Å². The molecule has 0 spiro atoms. The molecule has 3 aromatic rings. The standard InChI is InChI=1S/C20H23N3O7S3/c21-32(26,27)20(18-10-5-2-6-11-18)15-23(31(24,25)16-17-8-3-1-4-9-17)33(28,29)22-14-19-12-7-13-30-19/h1-13,20,22H,14-16H2,(H2,21,26,27). The molecule has 0 amide bonds. The maximum absolute atomic E-state index is 13.2.